The van der Waals surface area contributed by atoms with Crippen molar-refractivity contribution in [3.63, 3.8) is 0 Å². The van der Waals surface area contributed by atoms with Crippen molar-refractivity contribution < 1.29 is 15.0 Å². The summed E-state index contributed by atoms with van der Waals surface area (Å²) in [5.41, 5.74) is 2.61. The van der Waals surface area contributed by atoms with Gasteiger partial charge in [-0.1, -0.05) is 59.7 Å². The summed E-state index contributed by atoms with van der Waals surface area (Å²) in [5.74, 6) is -1.12. The smallest absolute Gasteiger partial charge is 0.319 e. The number of aliphatic hydroxyl groups excluding tert-OH is 1. The molecule has 3 nitrogen and oxygen atoms in total. The molecule has 2 atom stereocenters. The Kier molecular flexibility index (Phi) is 5.17. The van der Waals surface area contributed by atoms with Crippen LogP contribution in [0.5, 0.6) is 0 Å². The summed E-state index contributed by atoms with van der Waals surface area (Å²) in [5, 5.41) is 18.2. The van der Waals surface area contributed by atoms with Crippen molar-refractivity contribution in [2.75, 3.05) is 0 Å². The third kappa shape index (κ3) is 4.48. The number of carboxylic acid groups (broad SMARTS) is 1. The molecule has 4 heteroatoms. The van der Waals surface area contributed by atoms with Crippen LogP contribution in [-0.4, -0.2) is 21.4 Å². The zero-order chi connectivity index (χ0) is 16.6. The molecule has 0 aliphatic rings. The van der Waals surface area contributed by atoms with E-state index in [1.54, 1.807) is 0 Å². The van der Waals surface area contributed by atoms with Crippen molar-refractivity contribution in [2.45, 2.75) is 63.7 Å². The van der Waals surface area contributed by atoms with E-state index < -0.39 is 17.3 Å². The van der Waals surface area contributed by atoms with Crippen molar-refractivity contribution in [1.82, 2.24) is 0 Å². The minimum Gasteiger partial charge on any atom is -0.480 e. The minimum atomic E-state index is -1.13. The average molecular weight is 310 g/mol. The van der Waals surface area contributed by atoms with E-state index in [1.807, 2.05) is 12.1 Å². The normalized spacial score (nSPS) is 15.6. The summed E-state index contributed by atoms with van der Waals surface area (Å²) < 4.78 is 0. The highest BCUT2D eigenvalue weighted by Gasteiger charge is 2.27. The van der Waals surface area contributed by atoms with Crippen molar-refractivity contribution in [3.05, 3.63) is 34.9 Å². The van der Waals surface area contributed by atoms with E-state index >= 15 is 0 Å². The number of carboxylic acids is 1. The van der Waals surface area contributed by atoms with Gasteiger partial charge in [-0.15, -0.1) is 0 Å². The number of benzene rings is 1. The summed E-state index contributed by atoms with van der Waals surface area (Å²) in [6.07, 6.45) is -1.13. The monoisotopic (exact) mass is 310 g/mol. The zero-order valence-electron chi connectivity index (χ0n) is 13.6. The van der Waals surface area contributed by atoms with Crippen molar-refractivity contribution in [3.8, 4) is 0 Å². The summed E-state index contributed by atoms with van der Waals surface area (Å²) in [7, 11) is 0. The number of carbonyl (C=O) groups is 1. The SMILES string of the molecule is CC(C)(C)c1cc(C(O)C(S)C(=O)O)cc(C(C)(C)C)c1. The van der Waals surface area contributed by atoms with Gasteiger partial charge in [-0.25, -0.2) is 0 Å². The third-order valence-electron chi connectivity index (χ3n) is 3.58. The maximum Gasteiger partial charge on any atom is 0.319 e. The molecule has 0 bridgehead atoms. The standard InChI is InChI=1S/C17H26O3S/c1-16(2,3)11-7-10(13(18)14(21)15(19)20)8-12(9-11)17(4,5)6/h7-9,13-14,18,21H,1-6H3,(H,19,20). The third-order valence-corrected chi connectivity index (χ3v) is 4.08. The Balaban J connectivity index is 3.42. The molecule has 0 aromatic heterocycles. The van der Waals surface area contributed by atoms with Gasteiger partial charge >= 0.3 is 5.97 Å². The lowest BCUT2D eigenvalue weighted by Gasteiger charge is -2.27. The van der Waals surface area contributed by atoms with E-state index in [4.69, 9.17) is 5.11 Å². The quantitative estimate of drug-likeness (QED) is 0.746. The number of hydrogen-bond donors (Lipinski definition) is 3. The first-order chi connectivity index (χ1) is 9.34. The number of aliphatic hydroxyl groups is 1. The Morgan fingerprint density at radius 2 is 1.38 bits per heavy atom. The second-order valence-electron chi connectivity index (χ2n) is 7.57. The van der Waals surface area contributed by atoms with Gasteiger partial charge in [-0.2, -0.15) is 12.6 Å². The summed E-state index contributed by atoms with van der Waals surface area (Å²) in [4.78, 5) is 11.0. The Labute approximate surface area is 132 Å². The van der Waals surface area contributed by atoms with Crippen LogP contribution in [0.3, 0.4) is 0 Å². The van der Waals surface area contributed by atoms with Crippen LogP contribution in [-0.2, 0) is 15.6 Å². The highest BCUT2D eigenvalue weighted by atomic mass is 32.1. The van der Waals surface area contributed by atoms with Crippen LogP contribution in [0.4, 0.5) is 0 Å². The van der Waals surface area contributed by atoms with Crippen LogP contribution < -0.4 is 0 Å². The molecule has 0 saturated carbocycles. The molecule has 0 fully saturated rings. The van der Waals surface area contributed by atoms with Gasteiger partial charge in [0.25, 0.3) is 0 Å². The molecular formula is C17H26O3S. The van der Waals surface area contributed by atoms with Crippen LogP contribution in [0, 0.1) is 0 Å². The van der Waals surface area contributed by atoms with Gasteiger partial charge in [0.1, 0.15) is 11.4 Å². The summed E-state index contributed by atoms with van der Waals surface area (Å²) in [6, 6.07) is 5.89. The van der Waals surface area contributed by atoms with Crippen molar-refractivity contribution >= 4 is 18.6 Å². The number of aliphatic carboxylic acids is 1. The largest absolute Gasteiger partial charge is 0.480 e. The van der Waals surface area contributed by atoms with Gasteiger partial charge in [0.2, 0.25) is 0 Å². The molecule has 1 rings (SSSR count). The molecule has 2 N–H and O–H groups in total. The van der Waals surface area contributed by atoms with E-state index in [0.717, 1.165) is 11.1 Å². The van der Waals surface area contributed by atoms with Gasteiger partial charge < -0.3 is 10.2 Å². The Bertz CT molecular complexity index is 492. The van der Waals surface area contributed by atoms with Crippen molar-refractivity contribution in [2.24, 2.45) is 0 Å². The average Bonchev–Trinajstić information content (AvgIpc) is 2.34. The first-order valence-electron chi connectivity index (χ1n) is 7.09. The fraction of sp³-hybridized carbons (Fsp3) is 0.588. The van der Waals surface area contributed by atoms with Gasteiger partial charge in [-0.3, -0.25) is 4.79 Å². The first-order valence-corrected chi connectivity index (χ1v) is 7.60. The summed E-state index contributed by atoms with van der Waals surface area (Å²) >= 11 is 4.00. The molecule has 1 aromatic rings. The molecule has 0 aliphatic carbocycles. The number of rotatable bonds is 3. The molecule has 0 heterocycles. The fourth-order valence-electron chi connectivity index (χ4n) is 2.01. The van der Waals surface area contributed by atoms with Crippen LogP contribution in [0.25, 0.3) is 0 Å². The van der Waals surface area contributed by atoms with Crippen LogP contribution in [0.2, 0.25) is 0 Å². The molecule has 21 heavy (non-hydrogen) atoms. The van der Waals surface area contributed by atoms with Gasteiger partial charge in [0.05, 0.1) is 0 Å². The molecule has 2 unspecified atom stereocenters. The van der Waals surface area contributed by atoms with Crippen LogP contribution in [0.15, 0.2) is 18.2 Å². The van der Waals surface area contributed by atoms with Crippen LogP contribution in [0.1, 0.15) is 64.3 Å². The Morgan fingerprint density at radius 1 is 1.00 bits per heavy atom. The molecule has 0 saturated heterocycles. The minimum absolute atomic E-state index is 0.0783. The van der Waals surface area contributed by atoms with Crippen LogP contribution >= 0.6 is 12.6 Å². The highest BCUT2D eigenvalue weighted by Crippen LogP contribution is 2.33. The van der Waals surface area contributed by atoms with Gasteiger partial charge in [-0.05, 0) is 27.5 Å². The lowest BCUT2D eigenvalue weighted by Crippen LogP contribution is -2.24. The molecular weight excluding hydrogens is 284 g/mol. The Morgan fingerprint density at radius 3 is 1.67 bits per heavy atom. The number of thiol groups is 1. The zero-order valence-corrected chi connectivity index (χ0v) is 14.5. The van der Waals surface area contributed by atoms with E-state index in [-0.39, 0.29) is 10.8 Å². The Hall–Kier alpha value is -1.00. The lowest BCUT2D eigenvalue weighted by molar-refractivity contribution is -0.138. The molecule has 0 spiro atoms. The first kappa shape index (κ1) is 18.1. The maximum absolute atomic E-state index is 11.0. The lowest BCUT2D eigenvalue weighted by atomic mass is 9.79. The van der Waals surface area contributed by atoms with E-state index in [2.05, 4.69) is 60.2 Å². The topological polar surface area (TPSA) is 57.5 Å². The van der Waals surface area contributed by atoms with E-state index in [9.17, 15) is 9.90 Å². The predicted molar refractivity (Wildman–Crippen MR) is 89.2 cm³/mol. The highest BCUT2D eigenvalue weighted by molar-refractivity contribution is 7.81. The van der Waals surface area contributed by atoms with Gasteiger partial charge in [0.15, 0.2) is 0 Å². The molecule has 0 aliphatic heterocycles. The fourth-order valence-corrected chi connectivity index (χ4v) is 2.18. The maximum atomic E-state index is 11.0. The molecule has 118 valence electrons. The van der Waals surface area contributed by atoms with Gasteiger partial charge in [0, 0.05) is 0 Å². The predicted octanol–water partition coefficient (Wildman–Crippen LogP) is 3.70. The number of hydrogen-bond acceptors (Lipinski definition) is 3. The second kappa shape index (κ2) is 6.01. The molecule has 1 aromatic carbocycles. The van der Waals surface area contributed by atoms with Crippen molar-refractivity contribution in [1.29, 1.82) is 0 Å². The van der Waals surface area contributed by atoms with E-state index in [0.29, 0.717) is 5.56 Å². The summed E-state index contributed by atoms with van der Waals surface area (Å²) in [6.45, 7) is 12.6. The second-order valence-corrected chi connectivity index (χ2v) is 8.13. The van der Waals surface area contributed by atoms with E-state index in [1.165, 1.54) is 0 Å². The molecule has 0 radical (unpaired) electrons. The molecule has 0 amide bonds.